The zero-order valence-electron chi connectivity index (χ0n) is 10.5. The molecule has 3 nitrogen and oxygen atoms in total. The van der Waals surface area contributed by atoms with Crippen molar-refractivity contribution in [2.24, 2.45) is 0 Å². The summed E-state index contributed by atoms with van der Waals surface area (Å²) in [7, 11) is 0. The Balaban J connectivity index is 2.99. The summed E-state index contributed by atoms with van der Waals surface area (Å²) in [6, 6.07) is 3.75. The van der Waals surface area contributed by atoms with E-state index >= 15 is 0 Å². The van der Waals surface area contributed by atoms with Crippen LogP contribution in [-0.4, -0.2) is 23.4 Å². The number of aliphatic hydroxyl groups excluding tert-OH is 1. The number of nitrogens with one attached hydrogen (secondary N) is 1. The van der Waals surface area contributed by atoms with Crippen LogP contribution in [0.1, 0.15) is 31.9 Å². The van der Waals surface area contributed by atoms with Crippen molar-refractivity contribution in [3.05, 3.63) is 28.3 Å². The Kier molecular flexibility index (Phi) is 4.80. The maximum Gasteiger partial charge on any atom is 0.138 e. The van der Waals surface area contributed by atoms with Crippen molar-refractivity contribution in [1.82, 2.24) is 5.32 Å². The van der Waals surface area contributed by atoms with Gasteiger partial charge in [0.1, 0.15) is 5.75 Å². The molecule has 0 fully saturated rings. The third-order valence-electron chi connectivity index (χ3n) is 2.61. The molecule has 1 aromatic rings. The first kappa shape index (κ1) is 14.3. The van der Waals surface area contributed by atoms with E-state index in [1.807, 2.05) is 6.07 Å². The van der Waals surface area contributed by atoms with Crippen molar-refractivity contribution in [3.63, 3.8) is 0 Å². The number of benzene rings is 1. The fraction of sp³-hybridized carbons (Fsp3) is 0.538. The molecule has 0 aliphatic carbocycles. The van der Waals surface area contributed by atoms with E-state index in [2.05, 4.69) is 26.1 Å². The standard InChI is InChI=1S/C13H20ClNO2/c1-13(2,3)10-6-9(8-15-4-5-16)12(17)11(14)7-10/h6-7,15-17H,4-5,8H2,1-3H3. The van der Waals surface area contributed by atoms with Crippen LogP contribution in [0.2, 0.25) is 5.02 Å². The number of phenolic OH excluding ortho intramolecular Hbond substituents is 1. The highest BCUT2D eigenvalue weighted by Crippen LogP contribution is 2.33. The number of hydrogen-bond acceptors (Lipinski definition) is 3. The third kappa shape index (κ3) is 3.87. The monoisotopic (exact) mass is 257 g/mol. The van der Waals surface area contributed by atoms with Crippen molar-refractivity contribution in [1.29, 1.82) is 0 Å². The van der Waals surface area contributed by atoms with Crippen molar-refractivity contribution >= 4 is 11.6 Å². The van der Waals surface area contributed by atoms with E-state index in [1.54, 1.807) is 6.07 Å². The van der Waals surface area contributed by atoms with Gasteiger partial charge in [0.2, 0.25) is 0 Å². The molecule has 0 aromatic heterocycles. The average Bonchev–Trinajstić information content (AvgIpc) is 2.22. The lowest BCUT2D eigenvalue weighted by atomic mass is 9.86. The molecule has 0 radical (unpaired) electrons. The van der Waals surface area contributed by atoms with Gasteiger partial charge in [0.05, 0.1) is 11.6 Å². The van der Waals surface area contributed by atoms with Gasteiger partial charge in [0.15, 0.2) is 0 Å². The minimum Gasteiger partial charge on any atom is -0.506 e. The highest BCUT2D eigenvalue weighted by molar-refractivity contribution is 6.32. The van der Waals surface area contributed by atoms with E-state index in [9.17, 15) is 5.11 Å². The summed E-state index contributed by atoms with van der Waals surface area (Å²) in [4.78, 5) is 0. The Bertz CT molecular complexity index is 386. The maximum absolute atomic E-state index is 9.85. The largest absolute Gasteiger partial charge is 0.506 e. The molecule has 4 heteroatoms. The Morgan fingerprint density at radius 3 is 2.47 bits per heavy atom. The molecule has 0 heterocycles. The number of rotatable bonds is 4. The molecular weight excluding hydrogens is 238 g/mol. The fourth-order valence-electron chi connectivity index (χ4n) is 1.53. The van der Waals surface area contributed by atoms with E-state index in [1.165, 1.54) is 0 Å². The van der Waals surface area contributed by atoms with Gasteiger partial charge in [0, 0.05) is 18.7 Å². The predicted octanol–water partition coefficient (Wildman–Crippen LogP) is 2.43. The van der Waals surface area contributed by atoms with Crippen LogP contribution in [-0.2, 0) is 12.0 Å². The molecule has 0 aliphatic rings. The summed E-state index contributed by atoms with van der Waals surface area (Å²) in [6.07, 6.45) is 0. The van der Waals surface area contributed by atoms with Crippen LogP contribution in [0.3, 0.4) is 0 Å². The Hall–Kier alpha value is -0.770. The molecule has 0 aliphatic heterocycles. The Labute approximate surface area is 107 Å². The molecule has 0 spiro atoms. The van der Waals surface area contributed by atoms with E-state index in [0.29, 0.717) is 18.1 Å². The van der Waals surface area contributed by atoms with Crippen molar-refractivity contribution in [3.8, 4) is 5.75 Å². The molecule has 0 amide bonds. The second-order valence-corrected chi connectivity index (χ2v) is 5.52. The van der Waals surface area contributed by atoms with E-state index in [0.717, 1.165) is 11.1 Å². The van der Waals surface area contributed by atoms with Crippen molar-refractivity contribution in [2.75, 3.05) is 13.2 Å². The van der Waals surface area contributed by atoms with Gasteiger partial charge in [-0.2, -0.15) is 0 Å². The van der Waals surface area contributed by atoms with Gasteiger partial charge in [-0.05, 0) is 17.0 Å². The SMILES string of the molecule is CC(C)(C)c1cc(Cl)c(O)c(CNCCO)c1. The molecule has 96 valence electrons. The van der Waals surface area contributed by atoms with Crippen LogP contribution in [0.4, 0.5) is 0 Å². The van der Waals surface area contributed by atoms with Crippen molar-refractivity contribution < 1.29 is 10.2 Å². The van der Waals surface area contributed by atoms with Gasteiger partial charge in [-0.15, -0.1) is 0 Å². The second kappa shape index (κ2) is 5.71. The first-order valence-corrected chi connectivity index (χ1v) is 6.07. The highest BCUT2D eigenvalue weighted by Gasteiger charge is 2.17. The second-order valence-electron chi connectivity index (χ2n) is 5.12. The van der Waals surface area contributed by atoms with Crippen LogP contribution in [0, 0.1) is 0 Å². The molecular formula is C13H20ClNO2. The fourth-order valence-corrected chi connectivity index (χ4v) is 1.76. The summed E-state index contributed by atoms with van der Waals surface area (Å²) in [6.45, 7) is 7.36. The zero-order valence-corrected chi connectivity index (χ0v) is 11.3. The molecule has 0 bridgehead atoms. The smallest absolute Gasteiger partial charge is 0.138 e. The first-order valence-electron chi connectivity index (χ1n) is 5.69. The minimum absolute atomic E-state index is 0.0108. The third-order valence-corrected chi connectivity index (χ3v) is 2.90. The van der Waals surface area contributed by atoms with Crippen LogP contribution >= 0.6 is 11.6 Å². The summed E-state index contributed by atoms with van der Waals surface area (Å²) < 4.78 is 0. The predicted molar refractivity (Wildman–Crippen MR) is 70.6 cm³/mol. The van der Waals surface area contributed by atoms with Gasteiger partial charge < -0.3 is 15.5 Å². The van der Waals surface area contributed by atoms with Crippen LogP contribution in [0.15, 0.2) is 12.1 Å². The Morgan fingerprint density at radius 2 is 1.94 bits per heavy atom. The molecule has 1 rings (SSSR count). The molecule has 17 heavy (non-hydrogen) atoms. The summed E-state index contributed by atoms with van der Waals surface area (Å²) in [5.41, 5.74) is 1.83. The lowest BCUT2D eigenvalue weighted by molar-refractivity contribution is 0.291. The number of phenols is 1. The maximum atomic E-state index is 9.85. The van der Waals surface area contributed by atoms with E-state index in [4.69, 9.17) is 16.7 Å². The molecule has 0 atom stereocenters. The van der Waals surface area contributed by atoms with Crippen LogP contribution < -0.4 is 5.32 Å². The quantitative estimate of drug-likeness (QED) is 0.726. The number of aromatic hydroxyl groups is 1. The first-order chi connectivity index (χ1) is 7.86. The molecule has 1 aromatic carbocycles. The minimum atomic E-state index is -0.0108. The summed E-state index contributed by atoms with van der Waals surface area (Å²) >= 11 is 6.01. The topological polar surface area (TPSA) is 52.5 Å². The lowest BCUT2D eigenvalue weighted by Crippen LogP contribution is -2.18. The number of aliphatic hydroxyl groups is 1. The van der Waals surface area contributed by atoms with Gasteiger partial charge in [-0.25, -0.2) is 0 Å². The van der Waals surface area contributed by atoms with Gasteiger partial charge >= 0.3 is 0 Å². The van der Waals surface area contributed by atoms with Crippen LogP contribution in [0.25, 0.3) is 0 Å². The van der Waals surface area contributed by atoms with Gasteiger partial charge in [-0.1, -0.05) is 38.4 Å². The normalized spacial score (nSPS) is 11.8. The molecule has 0 saturated heterocycles. The van der Waals surface area contributed by atoms with Crippen molar-refractivity contribution in [2.45, 2.75) is 32.7 Å². The van der Waals surface area contributed by atoms with E-state index in [-0.39, 0.29) is 17.8 Å². The zero-order chi connectivity index (χ0) is 13.1. The van der Waals surface area contributed by atoms with Gasteiger partial charge in [0.25, 0.3) is 0 Å². The molecule has 0 unspecified atom stereocenters. The summed E-state index contributed by atoms with van der Waals surface area (Å²) in [5, 5.41) is 22.0. The number of halogens is 1. The summed E-state index contributed by atoms with van der Waals surface area (Å²) in [5.74, 6) is 0.116. The number of hydrogen-bond donors (Lipinski definition) is 3. The van der Waals surface area contributed by atoms with E-state index < -0.39 is 0 Å². The molecule has 3 N–H and O–H groups in total. The average molecular weight is 258 g/mol. The highest BCUT2D eigenvalue weighted by atomic mass is 35.5. The van der Waals surface area contributed by atoms with Gasteiger partial charge in [-0.3, -0.25) is 0 Å². The molecule has 0 saturated carbocycles. The Morgan fingerprint density at radius 1 is 1.29 bits per heavy atom. The lowest BCUT2D eigenvalue weighted by Gasteiger charge is -2.21. The van der Waals surface area contributed by atoms with Crippen LogP contribution in [0.5, 0.6) is 5.75 Å².